The van der Waals surface area contributed by atoms with Gasteiger partial charge in [-0.15, -0.1) is 0 Å². The first-order chi connectivity index (χ1) is 15.4. The molecule has 7 heteroatoms. The molecule has 1 N–H and O–H groups in total. The summed E-state index contributed by atoms with van der Waals surface area (Å²) < 4.78 is 24.3. The van der Waals surface area contributed by atoms with E-state index in [-0.39, 0.29) is 24.5 Å². The van der Waals surface area contributed by atoms with Gasteiger partial charge >= 0.3 is 0 Å². The number of halogens is 1. The van der Waals surface area contributed by atoms with Crippen LogP contribution >= 0.6 is 0 Å². The van der Waals surface area contributed by atoms with Gasteiger partial charge in [0.05, 0.1) is 24.8 Å². The van der Waals surface area contributed by atoms with Gasteiger partial charge in [-0.3, -0.25) is 9.59 Å². The van der Waals surface area contributed by atoms with Gasteiger partial charge in [-0.25, -0.2) is 4.39 Å². The molecule has 3 rings (SSSR count). The van der Waals surface area contributed by atoms with Crippen LogP contribution in [0.25, 0.3) is 5.76 Å². The highest BCUT2D eigenvalue weighted by molar-refractivity contribution is 6.46. The van der Waals surface area contributed by atoms with E-state index in [0.717, 1.165) is 18.4 Å². The van der Waals surface area contributed by atoms with Crippen molar-refractivity contribution in [1.29, 1.82) is 0 Å². The zero-order chi connectivity index (χ0) is 23.3. The van der Waals surface area contributed by atoms with Gasteiger partial charge in [0.2, 0.25) is 0 Å². The molecule has 1 heterocycles. The zero-order valence-electron chi connectivity index (χ0n) is 18.6. The maximum absolute atomic E-state index is 13.5. The second-order valence-corrected chi connectivity index (χ2v) is 7.72. The monoisotopic (exact) mass is 441 g/mol. The van der Waals surface area contributed by atoms with Crippen molar-refractivity contribution < 1.29 is 28.6 Å². The highest BCUT2D eigenvalue weighted by Crippen LogP contribution is 2.39. The SMILES string of the molecule is CCCCOc1ccc(/C(O)=C2\C(=O)C(=O)N(CCOC)[C@H]2c2ccc(F)cc2)cc1C. The number of Topliss-reactive ketones (excluding diaryl/α,β-unsaturated/α-hetero) is 1. The number of benzene rings is 2. The third-order valence-electron chi connectivity index (χ3n) is 5.47. The number of nitrogens with zero attached hydrogens (tertiary/aromatic N) is 1. The highest BCUT2D eigenvalue weighted by atomic mass is 19.1. The molecule has 0 spiro atoms. The Morgan fingerprint density at radius 3 is 2.47 bits per heavy atom. The number of unbranched alkanes of at least 4 members (excludes halogenated alkanes) is 1. The number of carbonyl (C=O) groups is 2. The van der Waals surface area contributed by atoms with E-state index in [9.17, 15) is 19.1 Å². The summed E-state index contributed by atoms with van der Waals surface area (Å²) in [6, 6.07) is 9.83. The predicted octanol–water partition coefficient (Wildman–Crippen LogP) is 4.38. The fraction of sp³-hybridized carbons (Fsp3) is 0.360. The second-order valence-electron chi connectivity index (χ2n) is 7.72. The smallest absolute Gasteiger partial charge is 0.295 e. The molecule has 1 amide bonds. The topological polar surface area (TPSA) is 76.1 Å². The van der Waals surface area contributed by atoms with Crippen molar-refractivity contribution in [3.05, 3.63) is 70.5 Å². The molecule has 1 aliphatic heterocycles. The molecule has 170 valence electrons. The first kappa shape index (κ1) is 23.5. The number of likely N-dealkylation sites (tertiary alicyclic amines) is 1. The number of carbonyl (C=O) groups excluding carboxylic acids is 2. The molecule has 0 radical (unpaired) electrons. The van der Waals surface area contributed by atoms with Crippen LogP contribution in [0.4, 0.5) is 4.39 Å². The summed E-state index contributed by atoms with van der Waals surface area (Å²) in [5.41, 5.74) is 1.70. The minimum atomic E-state index is -0.841. The minimum Gasteiger partial charge on any atom is -0.507 e. The summed E-state index contributed by atoms with van der Waals surface area (Å²) in [4.78, 5) is 27.0. The lowest BCUT2D eigenvalue weighted by atomic mass is 9.94. The van der Waals surface area contributed by atoms with Gasteiger partial charge in [0.1, 0.15) is 17.3 Å². The Morgan fingerprint density at radius 2 is 1.84 bits per heavy atom. The molecule has 0 unspecified atom stereocenters. The molecule has 0 aliphatic carbocycles. The number of hydrogen-bond donors (Lipinski definition) is 1. The molecular formula is C25H28FNO5. The van der Waals surface area contributed by atoms with Crippen molar-refractivity contribution in [3.63, 3.8) is 0 Å². The number of aliphatic hydroxyl groups is 1. The van der Waals surface area contributed by atoms with Crippen LogP contribution in [-0.2, 0) is 14.3 Å². The third kappa shape index (κ3) is 4.83. The third-order valence-corrected chi connectivity index (χ3v) is 5.47. The molecule has 2 aromatic rings. The van der Waals surface area contributed by atoms with Gasteiger partial charge in [-0.05, 0) is 54.8 Å². The quantitative estimate of drug-likeness (QED) is 0.271. The molecule has 6 nitrogen and oxygen atoms in total. The Labute approximate surface area is 187 Å². The van der Waals surface area contributed by atoms with E-state index in [0.29, 0.717) is 23.5 Å². The average Bonchev–Trinajstić information content (AvgIpc) is 3.03. The van der Waals surface area contributed by atoms with Crippen molar-refractivity contribution >= 4 is 17.4 Å². The van der Waals surface area contributed by atoms with Crippen LogP contribution < -0.4 is 4.74 Å². The fourth-order valence-corrected chi connectivity index (χ4v) is 3.73. The number of aryl methyl sites for hydroxylation is 1. The van der Waals surface area contributed by atoms with Gasteiger partial charge < -0.3 is 19.5 Å². The Balaban J connectivity index is 2.04. The summed E-state index contributed by atoms with van der Waals surface area (Å²) in [7, 11) is 1.50. The first-order valence-electron chi connectivity index (χ1n) is 10.7. The molecule has 32 heavy (non-hydrogen) atoms. The molecule has 2 aromatic carbocycles. The second kappa shape index (κ2) is 10.4. The summed E-state index contributed by atoms with van der Waals surface area (Å²) >= 11 is 0. The van der Waals surface area contributed by atoms with Gasteiger partial charge in [0, 0.05) is 19.2 Å². The molecule has 1 atom stereocenters. The molecule has 1 fully saturated rings. The van der Waals surface area contributed by atoms with E-state index in [1.165, 1.54) is 36.3 Å². The average molecular weight is 441 g/mol. The van der Waals surface area contributed by atoms with E-state index in [1.807, 2.05) is 6.92 Å². The van der Waals surface area contributed by atoms with Crippen LogP contribution in [0.2, 0.25) is 0 Å². The highest BCUT2D eigenvalue weighted by Gasteiger charge is 2.45. The zero-order valence-corrected chi connectivity index (χ0v) is 18.6. The molecular weight excluding hydrogens is 413 g/mol. The van der Waals surface area contributed by atoms with Gasteiger partial charge in [-0.1, -0.05) is 25.5 Å². The largest absolute Gasteiger partial charge is 0.507 e. The van der Waals surface area contributed by atoms with Gasteiger partial charge in [0.25, 0.3) is 11.7 Å². The molecule has 1 aliphatic rings. The van der Waals surface area contributed by atoms with E-state index >= 15 is 0 Å². The van der Waals surface area contributed by atoms with Crippen molar-refractivity contribution in [3.8, 4) is 5.75 Å². The van der Waals surface area contributed by atoms with Crippen LogP contribution in [0.5, 0.6) is 5.75 Å². The van der Waals surface area contributed by atoms with Gasteiger partial charge in [0.15, 0.2) is 0 Å². The fourth-order valence-electron chi connectivity index (χ4n) is 3.73. The van der Waals surface area contributed by atoms with Crippen LogP contribution in [0.1, 0.15) is 42.5 Å². The number of hydrogen-bond acceptors (Lipinski definition) is 5. The summed E-state index contributed by atoms with van der Waals surface area (Å²) in [6.45, 7) is 4.90. The number of ketones is 1. The number of ether oxygens (including phenoxy) is 2. The molecule has 0 bridgehead atoms. The normalized spacial score (nSPS) is 17.8. The number of aliphatic hydroxyl groups excluding tert-OH is 1. The molecule has 0 saturated carbocycles. The van der Waals surface area contributed by atoms with Crippen molar-refractivity contribution in [2.75, 3.05) is 26.9 Å². The number of rotatable bonds is 9. The lowest BCUT2D eigenvalue weighted by Crippen LogP contribution is -2.32. The van der Waals surface area contributed by atoms with Crippen LogP contribution in [-0.4, -0.2) is 48.6 Å². The molecule has 0 aromatic heterocycles. The Morgan fingerprint density at radius 1 is 1.12 bits per heavy atom. The first-order valence-corrected chi connectivity index (χ1v) is 10.7. The van der Waals surface area contributed by atoms with Crippen molar-refractivity contribution in [2.24, 2.45) is 0 Å². The van der Waals surface area contributed by atoms with E-state index in [1.54, 1.807) is 18.2 Å². The van der Waals surface area contributed by atoms with Crippen molar-refractivity contribution in [1.82, 2.24) is 4.90 Å². The maximum Gasteiger partial charge on any atom is 0.295 e. The Kier molecular flexibility index (Phi) is 7.64. The maximum atomic E-state index is 13.5. The molecule has 1 saturated heterocycles. The van der Waals surface area contributed by atoms with Gasteiger partial charge in [-0.2, -0.15) is 0 Å². The summed E-state index contributed by atoms with van der Waals surface area (Å²) in [6.07, 6.45) is 1.95. The number of amides is 1. The van der Waals surface area contributed by atoms with Crippen LogP contribution in [0.3, 0.4) is 0 Å². The van der Waals surface area contributed by atoms with Crippen LogP contribution in [0, 0.1) is 12.7 Å². The number of methoxy groups -OCH3 is 1. The van der Waals surface area contributed by atoms with Crippen molar-refractivity contribution in [2.45, 2.75) is 32.7 Å². The predicted molar refractivity (Wildman–Crippen MR) is 119 cm³/mol. The summed E-state index contributed by atoms with van der Waals surface area (Å²) in [5, 5.41) is 11.1. The Bertz CT molecular complexity index is 1020. The summed E-state index contributed by atoms with van der Waals surface area (Å²) in [5.74, 6) is -1.52. The van der Waals surface area contributed by atoms with E-state index < -0.39 is 23.5 Å². The van der Waals surface area contributed by atoms with E-state index in [4.69, 9.17) is 9.47 Å². The standard InChI is InChI=1S/C25H28FNO5/c1-4-5-13-32-20-11-8-18(15-16(20)2)23(28)21-22(17-6-9-19(26)10-7-17)27(12-14-31-3)25(30)24(21)29/h6-11,15,22,28H,4-5,12-14H2,1-3H3/b23-21+/t22-/m0/s1. The van der Waals surface area contributed by atoms with E-state index in [2.05, 4.69) is 6.92 Å². The Hall–Kier alpha value is -3.19. The lowest BCUT2D eigenvalue weighted by molar-refractivity contribution is -0.140. The minimum absolute atomic E-state index is 0.0308. The van der Waals surface area contributed by atoms with Crippen LogP contribution in [0.15, 0.2) is 48.0 Å². The lowest BCUT2D eigenvalue weighted by Gasteiger charge is -2.25.